The van der Waals surface area contributed by atoms with E-state index in [9.17, 15) is 0 Å². The van der Waals surface area contributed by atoms with Crippen molar-refractivity contribution >= 4 is 11.6 Å². The Morgan fingerprint density at radius 1 is 1.40 bits per heavy atom. The predicted molar refractivity (Wildman–Crippen MR) is 66.5 cm³/mol. The molecule has 15 heavy (non-hydrogen) atoms. The molecule has 84 valence electrons. The first-order valence-corrected chi connectivity index (χ1v) is 5.53. The topological polar surface area (TPSA) is 29.3 Å². The molecule has 1 rings (SSSR count). The summed E-state index contributed by atoms with van der Waals surface area (Å²) in [4.78, 5) is 2.15. The zero-order valence-electron chi connectivity index (χ0n) is 9.63. The molecular formula is C12H19ClN2. The van der Waals surface area contributed by atoms with E-state index in [0.29, 0.717) is 12.5 Å². The summed E-state index contributed by atoms with van der Waals surface area (Å²) in [5, 5.41) is 0.785. The first kappa shape index (κ1) is 12.5. The quantitative estimate of drug-likeness (QED) is 0.854. The number of aryl methyl sites for hydroxylation is 1. The number of nitrogens with two attached hydrogens (primary N) is 1. The van der Waals surface area contributed by atoms with E-state index in [4.69, 9.17) is 17.3 Å². The highest BCUT2D eigenvalue weighted by atomic mass is 35.5. The van der Waals surface area contributed by atoms with Crippen LogP contribution in [0.2, 0.25) is 5.02 Å². The van der Waals surface area contributed by atoms with Crippen molar-refractivity contribution in [1.29, 1.82) is 0 Å². The second-order valence-corrected chi connectivity index (χ2v) is 4.63. The zero-order valence-corrected chi connectivity index (χ0v) is 10.4. The van der Waals surface area contributed by atoms with Crippen molar-refractivity contribution in [3.63, 3.8) is 0 Å². The molecule has 1 aromatic carbocycles. The fourth-order valence-corrected chi connectivity index (χ4v) is 1.97. The van der Waals surface area contributed by atoms with E-state index in [1.165, 1.54) is 11.1 Å². The first-order valence-electron chi connectivity index (χ1n) is 5.15. The van der Waals surface area contributed by atoms with Crippen LogP contribution in [-0.4, -0.2) is 32.1 Å². The SMILES string of the molecule is Cc1ccc(Cl)cc1C(CN)CN(C)C. The van der Waals surface area contributed by atoms with Gasteiger partial charge in [-0.1, -0.05) is 17.7 Å². The summed E-state index contributed by atoms with van der Waals surface area (Å²) in [6.07, 6.45) is 0. The van der Waals surface area contributed by atoms with E-state index >= 15 is 0 Å². The highest BCUT2D eigenvalue weighted by molar-refractivity contribution is 6.30. The third kappa shape index (κ3) is 3.49. The number of hydrogen-bond acceptors (Lipinski definition) is 2. The van der Waals surface area contributed by atoms with Crippen LogP contribution in [0.25, 0.3) is 0 Å². The third-order valence-corrected chi connectivity index (χ3v) is 2.79. The van der Waals surface area contributed by atoms with Crippen molar-refractivity contribution < 1.29 is 0 Å². The minimum atomic E-state index is 0.360. The molecule has 0 heterocycles. The summed E-state index contributed by atoms with van der Waals surface area (Å²) in [6, 6.07) is 6.00. The third-order valence-electron chi connectivity index (χ3n) is 2.55. The van der Waals surface area contributed by atoms with Gasteiger partial charge in [0.15, 0.2) is 0 Å². The lowest BCUT2D eigenvalue weighted by Gasteiger charge is -2.21. The second kappa shape index (κ2) is 5.50. The number of benzene rings is 1. The molecule has 0 bridgehead atoms. The number of likely N-dealkylation sites (N-methyl/N-ethyl adjacent to an activating group) is 1. The van der Waals surface area contributed by atoms with Crippen LogP contribution in [0, 0.1) is 6.92 Å². The van der Waals surface area contributed by atoms with Crippen LogP contribution >= 0.6 is 11.6 Å². The molecule has 0 aromatic heterocycles. The van der Waals surface area contributed by atoms with E-state index in [-0.39, 0.29) is 0 Å². The average Bonchev–Trinajstić information content (AvgIpc) is 2.18. The maximum atomic E-state index is 6.00. The lowest BCUT2D eigenvalue weighted by Crippen LogP contribution is -2.26. The first-order chi connectivity index (χ1) is 7.04. The Kier molecular flexibility index (Phi) is 4.58. The van der Waals surface area contributed by atoms with Crippen molar-refractivity contribution in [2.45, 2.75) is 12.8 Å². The minimum absolute atomic E-state index is 0.360. The van der Waals surface area contributed by atoms with Crippen LogP contribution in [0.15, 0.2) is 18.2 Å². The molecule has 0 amide bonds. The van der Waals surface area contributed by atoms with Gasteiger partial charge in [0.2, 0.25) is 0 Å². The lowest BCUT2D eigenvalue weighted by atomic mass is 9.94. The summed E-state index contributed by atoms with van der Waals surface area (Å²) >= 11 is 6.00. The number of nitrogens with zero attached hydrogens (tertiary/aromatic N) is 1. The van der Waals surface area contributed by atoms with Crippen LogP contribution in [0.4, 0.5) is 0 Å². The van der Waals surface area contributed by atoms with Crippen LogP contribution in [-0.2, 0) is 0 Å². The van der Waals surface area contributed by atoms with E-state index in [0.717, 1.165) is 11.6 Å². The molecule has 0 aliphatic carbocycles. The molecule has 0 fully saturated rings. The van der Waals surface area contributed by atoms with Crippen LogP contribution in [0.1, 0.15) is 17.0 Å². The van der Waals surface area contributed by atoms with Gasteiger partial charge >= 0.3 is 0 Å². The van der Waals surface area contributed by atoms with Gasteiger partial charge in [-0.25, -0.2) is 0 Å². The van der Waals surface area contributed by atoms with Gasteiger partial charge in [0.05, 0.1) is 0 Å². The predicted octanol–water partition coefficient (Wildman–Crippen LogP) is 2.25. The molecule has 2 N–H and O–H groups in total. The molecule has 1 aromatic rings. The van der Waals surface area contributed by atoms with Gasteiger partial charge in [0.25, 0.3) is 0 Å². The molecule has 0 aliphatic rings. The Hall–Kier alpha value is -0.570. The fraction of sp³-hybridized carbons (Fsp3) is 0.500. The number of halogens is 1. The van der Waals surface area contributed by atoms with Gasteiger partial charge < -0.3 is 10.6 Å². The molecule has 0 saturated carbocycles. The Balaban J connectivity index is 2.95. The molecule has 0 aliphatic heterocycles. The van der Waals surface area contributed by atoms with Crippen LogP contribution in [0.5, 0.6) is 0 Å². The van der Waals surface area contributed by atoms with Crippen molar-refractivity contribution in [3.05, 3.63) is 34.3 Å². The monoisotopic (exact) mass is 226 g/mol. The van der Waals surface area contributed by atoms with Gasteiger partial charge in [-0.15, -0.1) is 0 Å². The van der Waals surface area contributed by atoms with E-state index < -0.39 is 0 Å². The normalized spacial score (nSPS) is 13.2. The number of hydrogen-bond donors (Lipinski definition) is 1. The standard InChI is InChI=1S/C12H19ClN2/c1-9-4-5-11(13)6-12(9)10(7-14)8-15(2)3/h4-6,10H,7-8,14H2,1-3H3. The van der Waals surface area contributed by atoms with Gasteiger partial charge in [-0.05, 0) is 44.3 Å². The Labute approximate surface area is 97.0 Å². The fourth-order valence-electron chi connectivity index (χ4n) is 1.79. The maximum absolute atomic E-state index is 6.00. The smallest absolute Gasteiger partial charge is 0.0409 e. The van der Waals surface area contributed by atoms with Crippen LogP contribution in [0.3, 0.4) is 0 Å². The second-order valence-electron chi connectivity index (χ2n) is 4.20. The molecular weight excluding hydrogens is 208 g/mol. The van der Waals surface area contributed by atoms with Gasteiger partial charge in [-0.3, -0.25) is 0 Å². The van der Waals surface area contributed by atoms with Gasteiger partial charge in [0, 0.05) is 24.0 Å². The summed E-state index contributed by atoms with van der Waals surface area (Å²) in [5.41, 5.74) is 8.33. The van der Waals surface area contributed by atoms with Crippen molar-refractivity contribution in [2.75, 3.05) is 27.2 Å². The molecule has 1 atom stereocenters. The molecule has 3 heteroatoms. The number of rotatable bonds is 4. The highest BCUT2D eigenvalue weighted by Crippen LogP contribution is 2.23. The van der Waals surface area contributed by atoms with E-state index in [1.54, 1.807) is 0 Å². The maximum Gasteiger partial charge on any atom is 0.0409 e. The summed E-state index contributed by atoms with van der Waals surface area (Å²) in [6.45, 7) is 3.71. The Morgan fingerprint density at radius 2 is 2.07 bits per heavy atom. The molecule has 0 spiro atoms. The Bertz CT molecular complexity index is 323. The largest absolute Gasteiger partial charge is 0.330 e. The summed E-state index contributed by atoms with van der Waals surface area (Å²) < 4.78 is 0. The Morgan fingerprint density at radius 3 is 2.60 bits per heavy atom. The van der Waals surface area contributed by atoms with E-state index in [2.05, 4.69) is 32.0 Å². The molecule has 2 nitrogen and oxygen atoms in total. The van der Waals surface area contributed by atoms with Crippen molar-refractivity contribution in [1.82, 2.24) is 4.90 Å². The summed E-state index contributed by atoms with van der Waals surface area (Å²) in [7, 11) is 4.12. The zero-order chi connectivity index (χ0) is 11.4. The minimum Gasteiger partial charge on any atom is -0.330 e. The van der Waals surface area contributed by atoms with Gasteiger partial charge in [0.1, 0.15) is 0 Å². The summed E-state index contributed by atoms with van der Waals surface area (Å²) in [5.74, 6) is 0.360. The van der Waals surface area contributed by atoms with Gasteiger partial charge in [-0.2, -0.15) is 0 Å². The molecule has 0 saturated heterocycles. The van der Waals surface area contributed by atoms with Crippen molar-refractivity contribution in [3.8, 4) is 0 Å². The van der Waals surface area contributed by atoms with E-state index in [1.807, 2.05) is 12.1 Å². The average molecular weight is 227 g/mol. The van der Waals surface area contributed by atoms with Crippen molar-refractivity contribution in [2.24, 2.45) is 5.73 Å². The van der Waals surface area contributed by atoms with Crippen LogP contribution < -0.4 is 5.73 Å². The molecule has 0 radical (unpaired) electrons. The lowest BCUT2D eigenvalue weighted by molar-refractivity contribution is 0.375. The highest BCUT2D eigenvalue weighted by Gasteiger charge is 2.13. The molecule has 1 unspecified atom stereocenters.